The number of para-hydroxylation sites is 3. The molecule has 3 aromatic rings. The lowest BCUT2D eigenvalue weighted by Gasteiger charge is -2.32. The summed E-state index contributed by atoms with van der Waals surface area (Å²) in [5, 5.41) is 3.08. The number of hydrogen-bond donors (Lipinski definition) is 1. The van der Waals surface area contributed by atoms with Gasteiger partial charge < -0.3 is 10.2 Å². The number of amides is 1. The van der Waals surface area contributed by atoms with Crippen molar-refractivity contribution < 1.29 is 4.79 Å². The van der Waals surface area contributed by atoms with E-state index >= 15 is 0 Å². The predicted octanol–water partition coefficient (Wildman–Crippen LogP) is 3.79. The van der Waals surface area contributed by atoms with Crippen LogP contribution in [0.25, 0.3) is 11.0 Å². The topological polar surface area (TPSA) is 58.1 Å². The molecule has 2 aromatic carbocycles. The molecule has 2 heterocycles. The number of carbonyl (C=O) groups is 1. The summed E-state index contributed by atoms with van der Waals surface area (Å²) < 4.78 is 0. The van der Waals surface area contributed by atoms with E-state index < -0.39 is 0 Å². The van der Waals surface area contributed by atoms with Crippen molar-refractivity contribution in [3.05, 3.63) is 60.3 Å². The number of anilines is 2. The number of rotatable bonds is 3. The minimum Gasteiger partial charge on any atom is -0.355 e. The molecule has 0 aliphatic carbocycles. The fourth-order valence-electron chi connectivity index (χ4n) is 3.45. The van der Waals surface area contributed by atoms with Crippen molar-refractivity contribution in [1.29, 1.82) is 0 Å². The Bertz CT molecular complexity index is 940. The van der Waals surface area contributed by atoms with Gasteiger partial charge in [-0.1, -0.05) is 30.3 Å². The van der Waals surface area contributed by atoms with Crippen molar-refractivity contribution in [3.8, 4) is 0 Å². The summed E-state index contributed by atoms with van der Waals surface area (Å²) >= 11 is 0. The quantitative estimate of drug-likeness (QED) is 0.784. The molecule has 1 atom stereocenters. The van der Waals surface area contributed by atoms with Gasteiger partial charge in [0, 0.05) is 18.8 Å². The molecule has 26 heavy (non-hydrogen) atoms. The zero-order valence-corrected chi connectivity index (χ0v) is 14.9. The number of nitrogens with one attached hydrogen (secondary N) is 1. The van der Waals surface area contributed by atoms with Crippen LogP contribution < -0.4 is 10.2 Å². The van der Waals surface area contributed by atoms with Crippen LogP contribution >= 0.6 is 0 Å². The second-order valence-electron chi connectivity index (χ2n) is 6.81. The first-order chi connectivity index (χ1) is 12.7. The van der Waals surface area contributed by atoms with Gasteiger partial charge in [0.15, 0.2) is 0 Å². The second kappa shape index (κ2) is 7.12. The van der Waals surface area contributed by atoms with Crippen molar-refractivity contribution in [3.63, 3.8) is 0 Å². The van der Waals surface area contributed by atoms with Gasteiger partial charge in [-0.2, -0.15) is 0 Å². The summed E-state index contributed by atoms with van der Waals surface area (Å²) in [5.74, 6) is 0.881. The Labute approximate surface area is 153 Å². The number of aromatic nitrogens is 2. The lowest BCUT2D eigenvalue weighted by atomic mass is 9.97. The van der Waals surface area contributed by atoms with E-state index in [2.05, 4.69) is 15.2 Å². The Morgan fingerprint density at radius 2 is 1.88 bits per heavy atom. The van der Waals surface area contributed by atoms with E-state index in [1.165, 1.54) is 0 Å². The van der Waals surface area contributed by atoms with Gasteiger partial charge in [0.2, 0.25) is 5.91 Å². The molecular weight excluding hydrogens is 324 g/mol. The smallest absolute Gasteiger partial charge is 0.229 e. The van der Waals surface area contributed by atoms with Crippen LogP contribution in [-0.2, 0) is 4.79 Å². The SMILES string of the molecule is Cc1ccccc1NC(=O)C1CCCN(c2cnc3ccccc3n2)C1. The average molecular weight is 346 g/mol. The molecule has 0 radical (unpaired) electrons. The van der Waals surface area contributed by atoms with E-state index in [9.17, 15) is 4.79 Å². The highest BCUT2D eigenvalue weighted by molar-refractivity contribution is 5.93. The third-order valence-corrected chi connectivity index (χ3v) is 4.95. The van der Waals surface area contributed by atoms with E-state index in [0.717, 1.165) is 47.5 Å². The number of nitrogens with zero attached hydrogens (tertiary/aromatic N) is 3. The molecule has 4 rings (SSSR count). The molecule has 1 saturated heterocycles. The molecule has 1 unspecified atom stereocenters. The summed E-state index contributed by atoms with van der Waals surface area (Å²) in [4.78, 5) is 24.1. The lowest BCUT2D eigenvalue weighted by molar-refractivity contribution is -0.120. The molecule has 0 bridgehead atoms. The number of carbonyl (C=O) groups excluding carboxylic acids is 1. The molecule has 132 valence electrons. The van der Waals surface area contributed by atoms with Gasteiger partial charge in [-0.3, -0.25) is 9.78 Å². The molecule has 1 aliphatic rings. The standard InChI is InChI=1S/C21H22N4O/c1-15-7-2-3-9-17(15)24-21(26)16-8-6-12-25(14-16)20-13-22-18-10-4-5-11-19(18)23-20/h2-5,7,9-11,13,16H,6,8,12,14H2,1H3,(H,24,26). The Morgan fingerprint density at radius 3 is 2.73 bits per heavy atom. The van der Waals surface area contributed by atoms with Gasteiger partial charge >= 0.3 is 0 Å². The molecule has 1 N–H and O–H groups in total. The zero-order valence-electron chi connectivity index (χ0n) is 14.9. The average Bonchev–Trinajstić information content (AvgIpc) is 2.69. The summed E-state index contributed by atoms with van der Waals surface area (Å²) in [7, 11) is 0. The molecule has 5 nitrogen and oxygen atoms in total. The van der Waals surface area contributed by atoms with E-state index in [0.29, 0.717) is 6.54 Å². The summed E-state index contributed by atoms with van der Waals surface area (Å²) in [6.45, 7) is 3.58. The van der Waals surface area contributed by atoms with Crippen molar-refractivity contribution in [1.82, 2.24) is 9.97 Å². The Morgan fingerprint density at radius 1 is 1.12 bits per heavy atom. The van der Waals surface area contributed by atoms with E-state index in [1.54, 1.807) is 0 Å². The molecule has 1 fully saturated rings. The number of aryl methyl sites for hydroxylation is 1. The van der Waals surface area contributed by atoms with Crippen LogP contribution in [0.1, 0.15) is 18.4 Å². The van der Waals surface area contributed by atoms with Crippen molar-refractivity contribution in [2.24, 2.45) is 5.92 Å². The van der Waals surface area contributed by atoms with Gasteiger partial charge in [-0.15, -0.1) is 0 Å². The minimum absolute atomic E-state index is 0.0448. The van der Waals surface area contributed by atoms with Crippen molar-refractivity contribution in [2.75, 3.05) is 23.3 Å². The molecule has 1 aliphatic heterocycles. The third-order valence-electron chi connectivity index (χ3n) is 4.95. The highest BCUT2D eigenvalue weighted by Crippen LogP contribution is 2.24. The van der Waals surface area contributed by atoms with E-state index in [4.69, 9.17) is 4.98 Å². The predicted molar refractivity (Wildman–Crippen MR) is 104 cm³/mol. The molecule has 1 aromatic heterocycles. The second-order valence-corrected chi connectivity index (χ2v) is 6.81. The first-order valence-electron chi connectivity index (χ1n) is 9.04. The summed E-state index contributed by atoms with van der Waals surface area (Å²) in [6, 6.07) is 15.7. The fraction of sp³-hybridized carbons (Fsp3) is 0.286. The lowest BCUT2D eigenvalue weighted by Crippen LogP contribution is -2.41. The van der Waals surface area contributed by atoms with Crippen molar-refractivity contribution >= 4 is 28.4 Å². The van der Waals surface area contributed by atoms with Crippen LogP contribution in [0, 0.1) is 12.8 Å². The van der Waals surface area contributed by atoms with Gasteiger partial charge in [-0.25, -0.2) is 4.98 Å². The summed E-state index contributed by atoms with van der Waals surface area (Å²) in [6.07, 6.45) is 3.68. The van der Waals surface area contributed by atoms with Crippen LogP contribution in [0.5, 0.6) is 0 Å². The normalized spacial score (nSPS) is 17.3. The van der Waals surface area contributed by atoms with Gasteiger partial charge in [-0.05, 0) is 43.5 Å². The third kappa shape index (κ3) is 3.38. The number of piperidine rings is 1. The monoisotopic (exact) mass is 346 g/mol. The van der Waals surface area contributed by atoms with E-state index in [1.807, 2.05) is 61.7 Å². The Hall–Kier alpha value is -2.95. The maximum atomic E-state index is 12.7. The number of hydrogen-bond acceptors (Lipinski definition) is 4. The summed E-state index contributed by atoms with van der Waals surface area (Å²) in [5.41, 5.74) is 3.74. The number of fused-ring (bicyclic) bond motifs is 1. The van der Waals surface area contributed by atoms with Crippen LogP contribution in [0.15, 0.2) is 54.7 Å². The highest BCUT2D eigenvalue weighted by atomic mass is 16.1. The molecule has 0 spiro atoms. The molecule has 1 amide bonds. The number of benzene rings is 2. The van der Waals surface area contributed by atoms with Gasteiger partial charge in [0.1, 0.15) is 5.82 Å². The molecule has 5 heteroatoms. The van der Waals surface area contributed by atoms with Crippen LogP contribution in [0.4, 0.5) is 11.5 Å². The van der Waals surface area contributed by atoms with Crippen LogP contribution in [0.2, 0.25) is 0 Å². The largest absolute Gasteiger partial charge is 0.355 e. The first kappa shape index (κ1) is 16.5. The van der Waals surface area contributed by atoms with Gasteiger partial charge in [0.05, 0.1) is 23.1 Å². The Balaban J connectivity index is 1.49. The fourth-order valence-corrected chi connectivity index (χ4v) is 3.45. The van der Waals surface area contributed by atoms with E-state index in [-0.39, 0.29) is 11.8 Å². The molecule has 0 saturated carbocycles. The highest BCUT2D eigenvalue weighted by Gasteiger charge is 2.27. The maximum absolute atomic E-state index is 12.7. The molecular formula is C21H22N4O. The van der Waals surface area contributed by atoms with Gasteiger partial charge in [0.25, 0.3) is 0 Å². The zero-order chi connectivity index (χ0) is 17.9. The maximum Gasteiger partial charge on any atom is 0.229 e. The van der Waals surface area contributed by atoms with Crippen LogP contribution in [-0.4, -0.2) is 29.0 Å². The van der Waals surface area contributed by atoms with Crippen molar-refractivity contribution in [2.45, 2.75) is 19.8 Å². The van der Waals surface area contributed by atoms with Crippen LogP contribution in [0.3, 0.4) is 0 Å². The Kier molecular flexibility index (Phi) is 4.52. The minimum atomic E-state index is -0.0448. The first-order valence-corrected chi connectivity index (χ1v) is 9.04.